The first kappa shape index (κ1) is 25.2. The summed E-state index contributed by atoms with van der Waals surface area (Å²) in [6, 6.07) is 11.6. The van der Waals surface area contributed by atoms with Crippen molar-refractivity contribution in [1.29, 1.82) is 0 Å². The molecule has 1 aliphatic rings. The van der Waals surface area contributed by atoms with Gasteiger partial charge in [-0.1, -0.05) is 45.6 Å². The molecule has 0 saturated carbocycles. The van der Waals surface area contributed by atoms with Gasteiger partial charge in [-0.2, -0.15) is 0 Å². The van der Waals surface area contributed by atoms with Gasteiger partial charge >= 0.3 is 11.9 Å². The third-order valence-corrected chi connectivity index (χ3v) is 8.35. The minimum atomic E-state index is -1.35. The summed E-state index contributed by atoms with van der Waals surface area (Å²) < 4.78 is 11.1. The number of esters is 1. The molecule has 1 aliphatic carbocycles. The Balaban J connectivity index is 1.87. The van der Waals surface area contributed by atoms with E-state index in [0.29, 0.717) is 29.9 Å². The van der Waals surface area contributed by atoms with Crippen LogP contribution in [-0.4, -0.2) is 38.8 Å². The highest BCUT2D eigenvalue weighted by atomic mass is 28.3. The van der Waals surface area contributed by atoms with Gasteiger partial charge in [-0.25, -0.2) is 9.59 Å². The molecule has 5 nitrogen and oxygen atoms in total. The molecular formula is C27H36O5Si. The molecule has 1 N–H and O–H groups in total. The van der Waals surface area contributed by atoms with E-state index >= 15 is 0 Å². The number of fused-ring (bicyclic) bond motifs is 1. The number of ether oxygens (including phenoxy) is 2. The van der Waals surface area contributed by atoms with Crippen molar-refractivity contribution < 1.29 is 24.2 Å². The maximum absolute atomic E-state index is 13.0. The highest BCUT2D eigenvalue weighted by Gasteiger charge is 2.33. The Morgan fingerprint density at radius 3 is 2.48 bits per heavy atom. The summed E-state index contributed by atoms with van der Waals surface area (Å²) in [6.45, 7) is 11.9. The number of hydrogen-bond donors (Lipinski definition) is 1. The van der Waals surface area contributed by atoms with E-state index in [9.17, 15) is 14.7 Å². The third kappa shape index (κ3) is 6.12. The molecule has 0 saturated heterocycles. The molecule has 0 spiro atoms. The van der Waals surface area contributed by atoms with Gasteiger partial charge in [0.15, 0.2) is 0 Å². The van der Waals surface area contributed by atoms with Gasteiger partial charge < -0.3 is 14.6 Å². The Kier molecular flexibility index (Phi) is 7.49. The molecule has 2 aromatic rings. The Bertz CT molecular complexity index is 1040. The van der Waals surface area contributed by atoms with Gasteiger partial charge in [-0.05, 0) is 71.7 Å². The lowest BCUT2D eigenvalue weighted by molar-refractivity contribution is 0.0695. The van der Waals surface area contributed by atoms with Crippen molar-refractivity contribution in [2.45, 2.75) is 70.1 Å². The van der Waals surface area contributed by atoms with E-state index in [0.717, 1.165) is 24.4 Å². The number of carbonyl (C=O) groups is 2. The number of aromatic carboxylic acids is 1. The number of hydrogen-bond acceptors (Lipinski definition) is 4. The summed E-state index contributed by atoms with van der Waals surface area (Å²) in [4.78, 5) is 24.7. The van der Waals surface area contributed by atoms with Crippen LogP contribution in [0.1, 0.15) is 70.0 Å². The first-order valence-electron chi connectivity index (χ1n) is 11.6. The van der Waals surface area contributed by atoms with Crippen molar-refractivity contribution >= 4 is 20.0 Å². The van der Waals surface area contributed by atoms with E-state index in [1.165, 1.54) is 11.6 Å². The molecule has 1 atom stereocenters. The zero-order valence-corrected chi connectivity index (χ0v) is 21.7. The lowest BCUT2D eigenvalue weighted by atomic mass is 9.68. The van der Waals surface area contributed by atoms with Crippen LogP contribution in [-0.2, 0) is 16.6 Å². The highest BCUT2D eigenvalue weighted by molar-refractivity contribution is 6.76. The summed E-state index contributed by atoms with van der Waals surface area (Å²) in [7, 11) is 0.356. The van der Waals surface area contributed by atoms with Crippen molar-refractivity contribution in [3.63, 3.8) is 0 Å². The average Bonchev–Trinajstić information content (AvgIpc) is 2.73. The molecule has 0 radical (unpaired) electrons. The van der Waals surface area contributed by atoms with E-state index in [-0.39, 0.29) is 16.9 Å². The highest BCUT2D eigenvalue weighted by Crippen LogP contribution is 2.43. The number of rotatable bonds is 8. The van der Waals surface area contributed by atoms with E-state index in [2.05, 4.69) is 33.5 Å². The minimum Gasteiger partial charge on any atom is -0.478 e. The molecule has 0 amide bonds. The molecule has 33 heavy (non-hydrogen) atoms. The van der Waals surface area contributed by atoms with Gasteiger partial charge in [-0.15, -0.1) is 0 Å². The Hall–Kier alpha value is -2.44. The molecule has 1 unspecified atom stereocenters. The molecule has 0 heterocycles. The summed E-state index contributed by atoms with van der Waals surface area (Å²) in [5.41, 5.74) is 3.94. The van der Waals surface area contributed by atoms with E-state index in [4.69, 9.17) is 9.47 Å². The SMILES string of the molecule is COCC1CCC(C)(C)c2ccc(C(=O)Oc3ccc(C(=O)O)c(CC[Si](C)(C)C)c3)cc21. The summed E-state index contributed by atoms with van der Waals surface area (Å²) >= 11 is 0. The van der Waals surface area contributed by atoms with Crippen LogP contribution in [0.3, 0.4) is 0 Å². The lowest BCUT2D eigenvalue weighted by Crippen LogP contribution is -2.28. The Morgan fingerprint density at radius 2 is 1.85 bits per heavy atom. The van der Waals surface area contributed by atoms with Crippen molar-refractivity contribution in [1.82, 2.24) is 0 Å². The second kappa shape index (κ2) is 9.81. The second-order valence-electron chi connectivity index (χ2n) is 11.0. The van der Waals surface area contributed by atoms with Crippen molar-refractivity contribution in [3.8, 4) is 5.75 Å². The normalized spacial score (nSPS) is 17.3. The van der Waals surface area contributed by atoms with E-state index in [1.54, 1.807) is 19.2 Å². The Labute approximate surface area is 198 Å². The summed E-state index contributed by atoms with van der Waals surface area (Å²) in [5.74, 6) is -0.757. The number of carboxylic acid groups (broad SMARTS) is 1. The fraction of sp³-hybridized carbons (Fsp3) is 0.481. The zero-order valence-electron chi connectivity index (χ0n) is 20.7. The van der Waals surface area contributed by atoms with Crippen LogP contribution in [0.15, 0.2) is 36.4 Å². The topological polar surface area (TPSA) is 72.8 Å². The zero-order chi connectivity index (χ0) is 24.4. The van der Waals surface area contributed by atoms with Crippen LogP contribution >= 0.6 is 0 Å². The molecule has 3 rings (SSSR count). The van der Waals surface area contributed by atoms with Gasteiger partial charge in [0.25, 0.3) is 0 Å². The number of benzene rings is 2. The molecule has 0 aromatic heterocycles. The van der Waals surface area contributed by atoms with Crippen LogP contribution in [0.5, 0.6) is 5.75 Å². The average molecular weight is 469 g/mol. The van der Waals surface area contributed by atoms with Gasteiger partial charge in [0, 0.05) is 21.1 Å². The predicted molar refractivity (Wildman–Crippen MR) is 134 cm³/mol. The second-order valence-corrected chi connectivity index (χ2v) is 16.6. The first-order valence-corrected chi connectivity index (χ1v) is 15.3. The smallest absolute Gasteiger partial charge is 0.343 e. The molecule has 6 heteroatoms. The quantitative estimate of drug-likeness (QED) is 0.280. The maximum Gasteiger partial charge on any atom is 0.343 e. The number of methoxy groups -OCH3 is 1. The van der Waals surface area contributed by atoms with Gasteiger partial charge in [-0.3, -0.25) is 0 Å². The molecule has 0 aliphatic heterocycles. The van der Waals surface area contributed by atoms with Crippen LogP contribution in [0.2, 0.25) is 25.7 Å². The number of aryl methyl sites for hydroxylation is 1. The van der Waals surface area contributed by atoms with Crippen molar-refractivity contribution in [2.75, 3.05) is 13.7 Å². The molecular weight excluding hydrogens is 432 g/mol. The fourth-order valence-electron chi connectivity index (χ4n) is 4.57. The maximum atomic E-state index is 13.0. The Morgan fingerprint density at radius 1 is 1.12 bits per heavy atom. The standard InChI is InChI=1S/C27H36O5Si/c1-27(2)13-11-20(17-31-3)23-16-19(7-10-24(23)27)26(30)32-21-8-9-22(25(28)29)18(15-21)12-14-33(4,5)6/h7-10,15-16,20H,11-14,17H2,1-6H3,(H,28,29). The summed E-state index contributed by atoms with van der Waals surface area (Å²) in [5, 5.41) is 9.56. The van der Waals surface area contributed by atoms with Crippen molar-refractivity contribution in [2.24, 2.45) is 0 Å². The lowest BCUT2D eigenvalue weighted by Gasteiger charge is -2.37. The van der Waals surface area contributed by atoms with Gasteiger partial charge in [0.1, 0.15) is 5.75 Å². The largest absolute Gasteiger partial charge is 0.478 e. The fourth-order valence-corrected chi connectivity index (χ4v) is 5.59. The van der Waals surface area contributed by atoms with Crippen molar-refractivity contribution in [3.05, 3.63) is 64.2 Å². The van der Waals surface area contributed by atoms with Crippen LogP contribution in [0.25, 0.3) is 0 Å². The van der Waals surface area contributed by atoms with Gasteiger partial charge in [0.2, 0.25) is 0 Å². The van der Waals surface area contributed by atoms with E-state index < -0.39 is 20.0 Å². The molecule has 2 aromatic carbocycles. The molecule has 0 fully saturated rings. The van der Waals surface area contributed by atoms with Gasteiger partial charge in [0.05, 0.1) is 17.7 Å². The predicted octanol–water partition coefficient (Wildman–Crippen LogP) is 6.29. The van der Waals surface area contributed by atoms with Crippen LogP contribution in [0, 0.1) is 0 Å². The van der Waals surface area contributed by atoms with Crippen LogP contribution in [0.4, 0.5) is 0 Å². The molecule has 0 bridgehead atoms. The third-order valence-electron chi connectivity index (χ3n) is 6.60. The molecule has 178 valence electrons. The first-order chi connectivity index (χ1) is 15.4. The minimum absolute atomic E-state index is 0.0555. The van der Waals surface area contributed by atoms with E-state index in [1.807, 2.05) is 18.2 Å². The number of carbonyl (C=O) groups excluding carboxylic acids is 1. The monoisotopic (exact) mass is 468 g/mol. The summed E-state index contributed by atoms with van der Waals surface area (Å²) in [6.07, 6.45) is 2.76. The number of carboxylic acids is 1. The van der Waals surface area contributed by atoms with Crippen LogP contribution < -0.4 is 4.74 Å².